The number of rotatable bonds is 3. The topological polar surface area (TPSA) is 62.0 Å². The maximum Gasteiger partial charge on any atom is 0.416 e. The maximum atomic E-state index is 12.6. The zero-order valence-electron chi connectivity index (χ0n) is 11.7. The van der Waals surface area contributed by atoms with E-state index in [2.05, 4.69) is 9.97 Å². The Morgan fingerprint density at radius 2 is 1.95 bits per heavy atom. The average Bonchev–Trinajstić information content (AvgIpc) is 2.46. The molecule has 0 unspecified atom stereocenters. The summed E-state index contributed by atoms with van der Waals surface area (Å²) in [5.41, 5.74) is -1.16. The van der Waals surface area contributed by atoms with Gasteiger partial charge in [-0.3, -0.25) is 0 Å². The molecule has 5 nitrogen and oxygen atoms in total. The van der Waals surface area contributed by atoms with Crippen LogP contribution < -0.4 is 9.64 Å². The summed E-state index contributed by atoms with van der Waals surface area (Å²) >= 11 is 0. The first-order valence-corrected chi connectivity index (χ1v) is 6.11. The summed E-state index contributed by atoms with van der Waals surface area (Å²) in [6.07, 6.45) is -3.07. The smallest absolute Gasteiger partial charge is 0.416 e. The van der Waals surface area contributed by atoms with Gasteiger partial charge in [0, 0.05) is 20.3 Å². The lowest BCUT2D eigenvalue weighted by atomic mass is 10.1. The Hall–Kier alpha value is -2.82. The van der Waals surface area contributed by atoms with Crippen LogP contribution in [0.15, 0.2) is 30.5 Å². The first kappa shape index (κ1) is 15.6. The number of nitrogens with zero attached hydrogens (tertiary/aromatic N) is 4. The molecule has 0 atom stereocenters. The normalized spacial score (nSPS) is 10.9. The van der Waals surface area contributed by atoms with E-state index in [9.17, 15) is 13.2 Å². The molecule has 1 aromatic carbocycles. The van der Waals surface area contributed by atoms with Crippen molar-refractivity contribution in [2.24, 2.45) is 0 Å². The van der Waals surface area contributed by atoms with E-state index in [0.29, 0.717) is 5.82 Å². The van der Waals surface area contributed by atoms with Gasteiger partial charge in [-0.2, -0.15) is 23.4 Å². The van der Waals surface area contributed by atoms with Gasteiger partial charge >= 0.3 is 12.2 Å². The van der Waals surface area contributed by atoms with Crippen molar-refractivity contribution in [3.8, 4) is 17.8 Å². The van der Waals surface area contributed by atoms with Crippen LogP contribution in [0.5, 0.6) is 11.8 Å². The third-order valence-electron chi connectivity index (χ3n) is 2.71. The number of hydrogen-bond donors (Lipinski definition) is 0. The van der Waals surface area contributed by atoms with Gasteiger partial charge in [0.1, 0.15) is 17.6 Å². The van der Waals surface area contributed by atoms with Gasteiger partial charge in [0.15, 0.2) is 0 Å². The fourth-order valence-corrected chi connectivity index (χ4v) is 1.61. The second-order valence-corrected chi connectivity index (χ2v) is 4.51. The molecule has 114 valence electrons. The average molecular weight is 308 g/mol. The molecule has 8 heteroatoms. The highest BCUT2D eigenvalue weighted by Crippen LogP contribution is 2.33. The van der Waals surface area contributed by atoms with Gasteiger partial charge in [-0.1, -0.05) is 0 Å². The predicted molar refractivity (Wildman–Crippen MR) is 72.6 cm³/mol. The van der Waals surface area contributed by atoms with Gasteiger partial charge in [-0.05, 0) is 24.3 Å². The molecule has 0 radical (unpaired) electrons. The molecule has 1 aromatic heterocycles. The Labute approximate surface area is 124 Å². The van der Waals surface area contributed by atoms with Crippen molar-refractivity contribution >= 4 is 5.82 Å². The molecule has 0 aliphatic carbocycles. The summed E-state index contributed by atoms with van der Waals surface area (Å²) in [5, 5.41) is 8.98. The Morgan fingerprint density at radius 1 is 1.23 bits per heavy atom. The van der Waals surface area contributed by atoms with Crippen molar-refractivity contribution in [3.63, 3.8) is 0 Å². The van der Waals surface area contributed by atoms with Crippen LogP contribution in [0.3, 0.4) is 0 Å². The number of halogens is 3. The molecule has 0 spiro atoms. The largest absolute Gasteiger partial charge is 0.423 e. The minimum absolute atomic E-state index is 0.0357. The molecule has 0 N–H and O–H groups in total. The summed E-state index contributed by atoms with van der Waals surface area (Å²) < 4.78 is 43.2. The Morgan fingerprint density at radius 3 is 2.55 bits per heavy atom. The van der Waals surface area contributed by atoms with Gasteiger partial charge in [-0.15, -0.1) is 0 Å². The van der Waals surface area contributed by atoms with Crippen LogP contribution in [0, 0.1) is 11.3 Å². The van der Waals surface area contributed by atoms with Crippen LogP contribution in [0.2, 0.25) is 0 Å². The van der Waals surface area contributed by atoms with Crippen molar-refractivity contribution < 1.29 is 17.9 Å². The minimum Gasteiger partial charge on any atom is -0.423 e. The van der Waals surface area contributed by atoms with Crippen molar-refractivity contribution in [1.29, 1.82) is 5.26 Å². The summed E-state index contributed by atoms with van der Waals surface area (Å²) in [4.78, 5) is 9.66. The van der Waals surface area contributed by atoms with Crippen LogP contribution in [0.1, 0.15) is 11.1 Å². The standard InChI is InChI=1S/C14H11F3N4O/c1-21(2)12-5-6-19-13(20-12)22-11-4-3-10(14(15,16)17)7-9(11)8-18/h3-7H,1-2H3. The first-order valence-electron chi connectivity index (χ1n) is 6.11. The third kappa shape index (κ3) is 3.44. The second kappa shape index (κ2) is 5.89. The number of anilines is 1. The summed E-state index contributed by atoms with van der Waals surface area (Å²) in [7, 11) is 3.54. The van der Waals surface area contributed by atoms with Crippen LogP contribution in [-0.2, 0) is 6.18 Å². The monoisotopic (exact) mass is 308 g/mol. The Bertz CT molecular complexity index is 723. The van der Waals surface area contributed by atoms with Crippen molar-refractivity contribution in [2.45, 2.75) is 6.18 Å². The lowest BCUT2D eigenvalue weighted by molar-refractivity contribution is -0.137. The fourth-order valence-electron chi connectivity index (χ4n) is 1.61. The molecule has 0 saturated carbocycles. The first-order chi connectivity index (χ1) is 10.3. The fraction of sp³-hybridized carbons (Fsp3) is 0.214. The quantitative estimate of drug-likeness (QED) is 0.871. The zero-order valence-corrected chi connectivity index (χ0v) is 11.7. The molecule has 0 fully saturated rings. The highest BCUT2D eigenvalue weighted by atomic mass is 19.4. The number of hydrogen-bond acceptors (Lipinski definition) is 5. The van der Waals surface area contributed by atoms with E-state index in [-0.39, 0.29) is 17.3 Å². The van der Waals surface area contributed by atoms with Gasteiger partial charge in [0.05, 0.1) is 11.1 Å². The third-order valence-corrected chi connectivity index (χ3v) is 2.71. The molecule has 0 amide bonds. The minimum atomic E-state index is -4.52. The highest BCUT2D eigenvalue weighted by Gasteiger charge is 2.31. The molecule has 0 aliphatic heterocycles. The molecule has 22 heavy (non-hydrogen) atoms. The van der Waals surface area contributed by atoms with Gasteiger partial charge < -0.3 is 9.64 Å². The summed E-state index contributed by atoms with van der Waals surface area (Å²) in [6.45, 7) is 0. The van der Waals surface area contributed by atoms with Crippen LogP contribution >= 0.6 is 0 Å². The molecule has 2 aromatic rings. The molecule has 0 saturated heterocycles. The van der Waals surface area contributed by atoms with Crippen molar-refractivity contribution in [1.82, 2.24) is 9.97 Å². The number of alkyl halides is 3. The van der Waals surface area contributed by atoms with Crippen molar-refractivity contribution in [2.75, 3.05) is 19.0 Å². The number of aromatic nitrogens is 2. The van der Waals surface area contributed by atoms with Crippen LogP contribution in [0.4, 0.5) is 19.0 Å². The second-order valence-electron chi connectivity index (χ2n) is 4.51. The lowest BCUT2D eigenvalue weighted by Crippen LogP contribution is -2.11. The van der Waals surface area contributed by atoms with E-state index in [0.717, 1.165) is 18.2 Å². The van der Waals surface area contributed by atoms with Crippen molar-refractivity contribution in [3.05, 3.63) is 41.6 Å². The van der Waals surface area contributed by atoms with E-state index in [1.165, 1.54) is 6.20 Å². The maximum absolute atomic E-state index is 12.6. The van der Waals surface area contributed by atoms with E-state index in [1.807, 2.05) is 0 Å². The van der Waals surface area contributed by atoms with Gasteiger partial charge in [-0.25, -0.2) is 4.98 Å². The molecular formula is C14H11F3N4O. The summed E-state index contributed by atoms with van der Waals surface area (Å²) in [5.74, 6) is 0.529. The molecule has 2 rings (SSSR count). The van der Waals surface area contributed by atoms with E-state index >= 15 is 0 Å². The van der Waals surface area contributed by atoms with E-state index < -0.39 is 11.7 Å². The predicted octanol–water partition coefficient (Wildman–Crippen LogP) is 3.23. The van der Waals surface area contributed by atoms with Gasteiger partial charge in [0.25, 0.3) is 0 Å². The Balaban J connectivity index is 2.34. The summed E-state index contributed by atoms with van der Waals surface area (Å²) in [6, 6.07) is 5.91. The number of benzene rings is 1. The molecule has 0 aliphatic rings. The van der Waals surface area contributed by atoms with Gasteiger partial charge in [0.2, 0.25) is 0 Å². The SMILES string of the molecule is CN(C)c1ccnc(Oc2ccc(C(F)(F)F)cc2C#N)n1. The molecule has 1 heterocycles. The highest BCUT2D eigenvalue weighted by molar-refractivity contribution is 5.47. The van der Waals surface area contributed by atoms with E-state index in [4.69, 9.17) is 10.00 Å². The number of nitriles is 1. The lowest BCUT2D eigenvalue weighted by Gasteiger charge is -2.13. The van der Waals surface area contributed by atoms with E-state index in [1.54, 1.807) is 31.1 Å². The van der Waals surface area contributed by atoms with Crippen LogP contribution in [0.25, 0.3) is 0 Å². The zero-order chi connectivity index (χ0) is 16.3. The number of ether oxygens (including phenoxy) is 1. The van der Waals surface area contributed by atoms with Crippen LogP contribution in [-0.4, -0.2) is 24.1 Å². The molecule has 0 bridgehead atoms. The molecular weight excluding hydrogens is 297 g/mol. The Kier molecular flexibility index (Phi) is 4.17.